The quantitative estimate of drug-likeness (QED) is 0.473. The van der Waals surface area contributed by atoms with Crippen molar-refractivity contribution >= 4 is 23.1 Å². The number of hydrogen-bond donors (Lipinski definition) is 0. The summed E-state index contributed by atoms with van der Waals surface area (Å²) in [5, 5.41) is 0. The number of ketones is 1. The summed E-state index contributed by atoms with van der Waals surface area (Å²) in [6, 6.07) is 7.08. The van der Waals surface area contributed by atoms with E-state index in [9.17, 15) is 22.8 Å². The number of hydrogen-bond acceptors (Lipinski definition) is 4. The lowest BCUT2D eigenvalue weighted by Gasteiger charge is -2.06. The summed E-state index contributed by atoms with van der Waals surface area (Å²) in [6.45, 7) is 1.25. The number of carbonyl (C=O) groups is 2. The molecule has 7 heteroatoms. The Morgan fingerprint density at radius 1 is 1.12 bits per heavy atom. The third-order valence-corrected chi connectivity index (χ3v) is 3.99. The van der Waals surface area contributed by atoms with Crippen LogP contribution in [0.5, 0.6) is 0 Å². The van der Waals surface area contributed by atoms with Crippen LogP contribution in [0.4, 0.5) is 13.2 Å². The smallest absolute Gasteiger partial charge is 0.416 e. The first kappa shape index (κ1) is 17.8. The van der Waals surface area contributed by atoms with E-state index < -0.39 is 17.7 Å². The maximum absolute atomic E-state index is 12.4. The van der Waals surface area contributed by atoms with Crippen molar-refractivity contribution in [3.8, 4) is 11.8 Å². The third-order valence-electron chi connectivity index (χ3n) is 2.89. The molecule has 124 valence electrons. The van der Waals surface area contributed by atoms with Gasteiger partial charge < -0.3 is 4.74 Å². The summed E-state index contributed by atoms with van der Waals surface area (Å²) < 4.78 is 42.2. The summed E-state index contributed by atoms with van der Waals surface area (Å²) in [5.41, 5.74) is -0.822. The molecule has 0 bridgehead atoms. The first-order valence-electron chi connectivity index (χ1n) is 6.71. The molecule has 0 aliphatic heterocycles. The van der Waals surface area contributed by atoms with Crippen molar-refractivity contribution < 1.29 is 27.5 Å². The molecule has 0 unspecified atom stereocenters. The topological polar surface area (TPSA) is 43.4 Å². The summed E-state index contributed by atoms with van der Waals surface area (Å²) in [6.07, 6.45) is -4.45. The zero-order chi connectivity index (χ0) is 17.7. The number of halogens is 3. The van der Waals surface area contributed by atoms with Gasteiger partial charge in [0.25, 0.3) is 0 Å². The molecule has 1 heterocycles. The second-order valence-electron chi connectivity index (χ2n) is 4.67. The number of rotatable bonds is 3. The van der Waals surface area contributed by atoms with Gasteiger partial charge in [0.15, 0.2) is 12.4 Å². The van der Waals surface area contributed by atoms with E-state index in [1.807, 2.05) is 0 Å². The van der Waals surface area contributed by atoms with Gasteiger partial charge in [-0.25, -0.2) is 4.79 Å². The van der Waals surface area contributed by atoms with Crippen LogP contribution in [0, 0.1) is 11.8 Å². The van der Waals surface area contributed by atoms with E-state index in [0.29, 0.717) is 9.75 Å². The Balaban J connectivity index is 1.91. The van der Waals surface area contributed by atoms with Crippen LogP contribution in [-0.2, 0) is 10.9 Å². The molecule has 3 nitrogen and oxygen atoms in total. The van der Waals surface area contributed by atoms with E-state index in [2.05, 4.69) is 11.8 Å². The van der Waals surface area contributed by atoms with Crippen molar-refractivity contribution in [1.29, 1.82) is 0 Å². The first-order chi connectivity index (χ1) is 11.3. The fourth-order valence-electron chi connectivity index (χ4n) is 1.70. The van der Waals surface area contributed by atoms with Gasteiger partial charge in [-0.3, -0.25) is 4.79 Å². The Labute approximate surface area is 140 Å². The standard InChI is InChI=1S/C17H11F3O3S/c1-11(21)15-9-8-14(24-15)3-2-10-23-16(22)12-4-6-13(7-5-12)17(18,19)20/h4-9H,10H2,1H3. The maximum atomic E-state index is 12.4. The summed E-state index contributed by atoms with van der Waals surface area (Å²) >= 11 is 1.23. The van der Waals surface area contributed by atoms with Crippen molar-refractivity contribution in [2.75, 3.05) is 6.61 Å². The van der Waals surface area contributed by atoms with Crippen molar-refractivity contribution in [1.82, 2.24) is 0 Å². The second kappa shape index (κ2) is 7.32. The van der Waals surface area contributed by atoms with Gasteiger partial charge >= 0.3 is 12.1 Å². The van der Waals surface area contributed by atoms with E-state index in [0.717, 1.165) is 24.3 Å². The fraction of sp³-hybridized carbons (Fsp3) is 0.176. The van der Waals surface area contributed by atoms with Crippen molar-refractivity contribution in [3.63, 3.8) is 0 Å². The summed E-state index contributed by atoms with van der Waals surface area (Å²) in [4.78, 5) is 24.1. The molecule has 1 aromatic heterocycles. The van der Waals surface area contributed by atoms with E-state index in [-0.39, 0.29) is 18.0 Å². The number of alkyl halides is 3. The Morgan fingerprint density at radius 2 is 1.79 bits per heavy atom. The fourth-order valence-corrected chi connectivity index (χ4v) is 2.47. The molecule has 24 heavy (non-hydrogen) atoms. The molecule has 0 aliphatic rings. The summed E-state index contributed by atoms with van der Waals surface area (Å²) in [7, 11) is 0. The highest BCUT2D eigenvalue weighted by molar-refractivity contribution is 7.14. The maximum Gasteiger partial charge on any atom is 0.416 e. The predicted molar refractivity (Wildman–Crippen MR) is 82.9 cm³/mol. The van der Waals surface area contributed by atoms with E-state index in [1.54, 1.807) is 12.1 Å². The number of esters is 1. The summed E-state index contributed by atoms with van der Waals surface area (Å²) in [5.74, 6) is 4.55. The largest absolute Gasteiger partial charge is 0.449 e. The highest BCUT2D eigenvalue weighted by Crippen LogP contribution is 2.29. The predicted octanol–water partition coefficient (Wildman–Crippen LogP) is 4.18. The molecular weight excluding hydrogens is 341 g/mol. The third kappa shape index (κ3) is 4.70. The van der Waals surface area contributed by atoms with Crippen LogP contribution in [0.15, 0.2) is 36.4 Å². The minimum absolute atomic E-state index is 0.0137. The van der Waals surface area contributed by atoms with Gasteiger partial charge in [-0.1, -0.05) is 11.8 Å². The Hall–Kier alpha value is -2.59. The monoisotopic (exact) mass is 352 g/mol. The molecule has 2 rings (SSSR count). The molecule has 0 amide bonds. The van der Waals surface area contributed by atoms with Crippen molar-refractivity contribution in [2.45, 2.75) is 13.1 Å². The molecular formula is C17H11F3O3S. The minimum atomic E-state index is -4.45. The highest BCUT2D eigenvalue weighted by Gasteiger charge is 2.30. The molecule has 0 atom stereocenters. The van der Waals surface area contributed by atoms with Crippen LogP contribution < -0.4 is 0 Å². The van der Waals surface area contributed by atoms with Gasteiger partial charge in [-0.2, -0.15) is 13.2 Å². The van der Waals surface area contributed by atoms with E-state index in [4.69, 9.17) is 4.74 Å². The first-order valence-corrected chi connectivity index (χ1v) is 7.53. The van der Waals surface area contributed by atoms with Crippen LogP contribution in [0.1, 0.15) is 37.4 Å². The molecule has 0 fully saturated rings. The zero-order valence-electron chi connectivity index (χ0n) is 12.4. The molecule has 0 spiro atoms. The Bertz CT molecular complexity index is 808. The normalized spacial score (nSPS) is 10.7. The molecule has 1 aromatic carbocycles. The van der Waals surface area contributed by atoms with Crippen molar-refractivity contribution in [2.24, 2.45) is 0 Å². The lowest BCUT2D eigenvalue weighted by atomic mass is 10.1. The van der Waals surface area contributed by atoms with Crippen LogP contribution in [0.25, 0.3) is 0 Å². The number of benzene rings is 1. The molecule has 0 N–H and O–H groups in total. The van der Waals surface area contributed by atoms with Gasteiger partial charge in [0.1, 0.15) is 0 Å². The Kier molecular flexibility index (Phi) is 5.42. The van der Waals surface area contributed by atoms with Gasteiger partial charge in [0, 0.05) is 0 Å². The molecule has 0 saturated carbocycles. The van der Waals surface area contributed by atoms with Crippen LogP contribution in [0.2, 0.25) is 0 Å². The van der Waals surface area contributed by atoms with Crippen LogP contribution >= 0.6 is 11.3 Å². The average molecular weight is 352 g/mol. The van der Waals surface area contributed by atoms with E-state index in [1.165, 1.54) is 18.3 Å². The van der Waals surface area contributed by atoms with Crippen LogP contribution in [-0.4, -0.2) is 18.4 Å². The molecule has 0 aliphatic carbocycles. The molecule has 2 aromatic rings. The lowest BCUT2D eigenvalue weighted by Crippen LogP contribution is -2.08. The lowest BCUT2D eigenvalue weighted by molar-refractivity contribution is -0.137. The Morgan fingerprint density at radius 3 is 2.33 bits per heavy atom. The average Bonchev–Trinajstić information content (AvgIpc) is 3.00. The van der Waals surface area contributed by atoms with Gasteiger partial charge in [-0.15, -0.1) is 11.3 Å². The van der Waals surface area contributed by atoms with Crippen LogP contribution in [0.3, 0.4) is 0 Å². The number of carbonyl (C=O) groups excluding carboxylic acids is 2. The van der Waals surface area contributed by atoms with Gasteiger partial charge in [0.2, 0.25) is 0 Å². The number of thiophene rings is 1. The van der Waals surface area contributed by atoms with E-state index >= 15 is 0 Å². The second-order valence-corrected chi connectivity index (χ2v) is 5.76. The number of Topliss-reactive ketones (excluding diaryl/α,β-unsaturated/α-hetero) is 1. The minimum Gasteiger partial charge on any atom is -0.449 e. The molecule has 0 radical (unpaired) electrons. The van der Waals surface area contributed by atoms with Gasteiger partial charge in [0.05, 0.1) is 20.9 Å². The van der Waals surface area contributed by atoms with Crippen molar-refractivity contribution in [3.05, 3.63) is 57.3 Å². The number of ether oxygens (including phenoxy) is 1. The SMILES string of the molecule is CC(=O)c1ccc(C#CCOC(=O)c2ccc(C(F)(F)F)cc2)s1. The highest BCUT2D eigenvalue weighted by atomic mass is 32.1. The van der Waals surface area contributed by atoms with Gasteiger partial charge in [-0.05, 0) is 43.3 Å². The molecule has 0 saturated heterocycles. The zero-order valence-corrected chi connectivity index (χ0v) is 13.3.